The molecule has 9 rings (SSSR count). The summed E-state index contributed by atoms with van der Waals surface area (Å²) in [5.41, 5.74) is 0.665. The van der Waals surface area contributed by atoms with E-state index in [9.17, 15) is 39.6 Å². The lowest BCUT2D eigenvalue weighted by atomic mass is 9.82. The van der Waals surface area contributed by atoms with Gasteiger partial charge in [0, 0.05) is 45.2 Å². The van der Waals surface area contributed by atoms with Crippen LogP contribution in [0.25, 0.3) is 43.1 Å². The molecule has 10 nitrogen and oxygen atoms in total. The maximum absolute atomic E-state index is 13.8. The first-order valence-electron chi connectivity index (χ1n) is 14.2. The van der Waals surface area contributed by atoms with Crippen LogP contribution in [0.15, 0.2) is 84.9 Å². The summed E-state index contributed by atoms with van der Waals surface area (Å²) >= 11 is 0. The van der Waals surface area contributed by atoms with Gasteiger partial charge in [0.05, 0.1) is 11.4 Å². The number of hydrogen-bond acceptors (Lipinski definition) is 8. The molecule has 4 N–H and O–H groups in total. The Morgan fingerprint density at radius 1 is 0.370 bits per heavy atom. The van der Waals surface area contributed by atoms with E-state index in [1.165, 1.54) is 24.3 Å². The topological polar surface area (TPSA) is 156 Å². The Hall–Kier alpha value is -6.68. The molecule has 0 spiro atoms. The van der Waals surface area contributed by atoms with Gasteiger partial charge in [-0.1, -0.05) is 24.3 Å². The Morgan fingerprint density at radius 2 is 0.674 bits per heavy atom. The van der Waals surface area contributed by atoms with Crippen LogP contribution < -0.4 is 9.80 Å². The van der Waals surface area contributed by atoms with Gasteiger partial charge in [-0.2, -0.15) is 0 Å². The quantitative estimate of drug-likeness (QED) is 0.0789. The van der Waals surface area contributed by atoms with Crippen molar-refractivity contribution in [1.82, 2.24) is 0 Å². The Morgan fingerprint density at radius 3 is 0.978 bits per heavy atom. The minimum absolute atomic E-state index is 0.138. The van der Waals surface area contributed by atoms with Crippen LogP contribution in [0.4, 0.5) is 11.4 Å². The Balaban J connectivity index is 1.31. The smallest absolute Gasteiger partial charge is 0.266 e. The van der Waals surface area contributed by atoms with Gasteiger partial charge in [-0.05, 0) is 80.8 Å². The molecule has 46 heavy (non-hydrogen) atoms. The van der Waals surface area contributed by atoms with Crippen molar-refractivity contribution >= 4 is 78.1 Å². The van der Waals surface area contributed by atoms with Gasteiger partial charge in [-0.15, -0.1) is 0 Å². The first-order valence-corrected chi connectivity index (χ1v) is 14.2. The summed E-state index contributed by atoms with van der Waals surface area (Å²) < 4.78 is 0. The number of benzene rings is 7. The molecule has 2 aliphatic rings. The third kappa shape index (κ3) is 3.04. The average molecular weight is 607 g/mol. The monoisotopic (exact) mass is 606 g/mol. The number of anilines is 2. The lowest BCUT2D eigenvalue weighted by Gasteiger charge is -2.30. The fourth-order valence-electron chi connectivity index (χ4n) is 7.09. The standard InChI is InChI=1S/C36H18N2O8/c39-15-1-11-27(41)25(13-15)37-33(43)21-7-3-17-19-5-9-23-32-24(36(46)38(35(23)45)26-14-16(40)2-12-28(26)42)10-6-20(30(19)32)18-4-8-22(34(37)44)31(21)29(17)18/h1-14,39-42H. The fraction of sp³-hybridized carbons (Fsp3) is 0. The molecule has 2 aliphatic heterocycles. The molecule has 0 aliphatic carbocycles. The highest BCUT2D eigenvalue weighted by atomic mass is 16.3. The van der Waals surface area contributed by atoms with Gasteiger partial charge in [0.1, 0.15) is 23.0 Å². The van der Waals surface area contributed by atoms with Crippen molar-refractivity contribution in [3.8, 4) is 23.0 Å². The predicted molar refractivity (Wildman–Crippen MR) is 169 cm³/mol. The number of hydrogen-bond donors (Lipinski definition) is 4. The summed E-state index contributed by atoms with van der Waals surface area (Å²) in [5.74, 6) is -3.78. The molecular weight excluding hydrogens is 588 g/mol. The molecule has 10 heteroatoms. The van der Waals surface area contributed by atoms with Crippen LogP contribution in [0.5, 0.6) is 23.0 Å². The van der Waals surface area contributed by atoms with Gasteiger partial charge in [0.25, 0.3) is 23.6 Å². The molecule has 2 heterocycles. The van der Waals surface area contributed by atoms with E-state index in [4.69, 9.17) is 0 Å². The van der Waals surface area contributed by atoms with E-state index in [0.29, 0.717) is 43.1 Å². The minimum Gasteiger partial charge on any atom is -0.508 e. The van der Waals surface area contributed by atoms with Crippen molar-refractivity contribution in [1.29, 1.82) is 0 Å². The summed E-state index contributed by atoms with van der Waals surface area (Å²) in [6.45, 7) is 0. The molecule has 0 unspecified atom stereocenters. The summed E-state index contributed by atoms with van der Waals surface area (Å²) in [4.78, 5) is 57.1. The van der Waals surface area contributed by atoms with Gasteiger partial charge in [0.15, 0.2) is 0 Å². The largest absolute Gasteiger partial charge is 0.508 e. The van der Waals surface area contributed by atoms with E-state index >= 15 is 0 Å². The normalized spacial score (nSPS) is 14.5. The van der Waals surface area contributed by atoms with E-state index in [1.54, 1.807) is 48.5 Å². The number of amides is 4. The number of aromatic hydroxyl groups is 4. The number of nitrogens with zero attached hydrogens (tertiary/aromatic N) is 2. The summed E-state index contributed by atoms with van der Waals surface area (Å²) in [6.07, 6.45) is 0. The van der Waals surface area contributed by atoms with Crippen LogP contribution in [-0.2, 0) is 0 Å². The molecule has 7 aromatic carbocycles. The fourth-order valence-corrected chi connectivity index (χ4v) is 7.09. The number of fused-ring (bicyclic) bond motifs is 2. The van der Waals surface area contributed by atoms with E-state index in [0.717, 1.165) is 21.9 Å². The van der Waals surface area contributed by atoms with Gasteiger partial charge in [-0.3, -0.25) is 19.2 Å². The zero-order valence-electron chi connectivity index (χ0n) is 23.4. The van der Waals surface area contributed by atoms with E-state index < -0.39 is 23.6 Å². The summed E-state index contributed by atoms with van der Waals surface area (Å²) in [7, 11) is 0. The lowest BCUT2D eigenvalue weighted by molar-refractivity contribution is 0.0877. The van der Waals surface area contributed by atoms with Gasteiger partial charge in [-0.25, -0.2) is 9.80 Å². The lowest BCUT2D eigenvalue weighted by Crippen LogP contribution is -2.40. The highest BCUT2D eigenvalue weighted by Crippen LogP contribution is 2.48. The Kier molecular flexibility index (Phi) is 4.76. The maximum Gasteiger partial charge on any atom is 0.266 e. The van der Waals surface area contributed by atoms with Crippen LogP contribution in [0, 0.1) is 0 Å². The first kappa shape index (κ1) is 25.8. The molecule has 7 aromatic rings. The van der Waals surface area contributed by atoms with Crippen molar-refractivity contribution in [3.05, 3.63) is 107 Å². The van der Waals surface area contributed by atoms with Crippen molar-refractivity contribution < 1.29 is 39.6 Å². The zero-order valence-corrected chi connectivity index (χ0v) is 23.4. The number of rotatable bonds is 2. The second-order valence-corrected chi connectivity index (χ2v) is 11.4. The molecule has 0 bridgehead atoms. The van der Waals surface area contributed by atoms with Crippen molar-refractivity contribution in [3.63, 3.8) is 0 Å². The second-order valence-electron chi connectivity index (χ2n) is 11.4. The molecule has 0 aromatic heterocycles. The molecule has 0 fully saturated rings. The Bertz CT molecular complexity index is 2320. The van der Waals surface area contributed by atoms with Crippen LogP contribution in [0.2, 0.25) is 0 Å². The Labute approximate surface area is 257 Å². The first-order chi connectivity index (χ1) is 22.2. The van der Waals surface area contributed by atoms with Crippen LogP contribution in [0.1, 0.15) is 41.4 Å². The van der Waals surface area contributed by atoms with Gasteiger partial charge < -0.3 is 20.4 Å². The molecular formula is C36H18N2O8. The number of imide groups is 2. The zero-order chi connectivity index (χ0) is 31.8. The summed E-state index contributed by atoms with van der Waals surface area (Å²) in [5, 5.41) is 46.0. The number of carbonyl (C=O) groups is 4. The van der Waals surface area contributed by atoms with Crippen molar-refractivity contribution in [2.75, 3.05) is 9.80 Å². The molecule has 4 amide bonds. The maximum atomic E-state index is 13.8. The van der Waals surface area contributed by atoms with Crippen molar-refractivity contribution in [2.24, 2.45) is 0 Å². The average Bonchev–Trinajstić information content (AvgIpc) is 3.05. The second kappa shape index (κ2) is 8.48. The predicted octanol–water partition coefficient (Wildman–Crippen LogP) is 6.16. The van der Waals surface area contributed by atoms with E-state index in [2.05, 4.69) is 0 Å². The SMILES string of the molecule is O=C1c2ccc3c4ccc5c6c(ccc(c7ccc(c2c37)C(=O)N1c1cc(O)ccc1O)c64)C(=O)N(c1cc(O)ccc1O)C5=O. The highest BCUT2D eigenvalue weighted by Gasteiger charge is 2.39. The van der Waals surface area contributed by atoms with Crippen molar-refractivity contribution in [2.45, 2.75) is 0 Å². The molecule has 0 atom stereocenters. The highest BCUT2D eigenvalue weighted by molar-refractivity contribution is 6.45. The van der Waals surface area contributed by atoms with E-state index in [1.807, 2.05) is 0 Å². The van der Waals surface area contributed by atoms with Crippen LogP contribution in [-0.4, -0.2) is 44.1 Å². The number of phenols is 4. The molecule has 220 valence electrons. The third-order valence-electron chi connectivity index (χ3n) is 9.04. The van der Waals surface area contributed by atoms with Crippen LogP contribution >= 0.6 is 0 Å². The van der Waals surface area contributed by atoms with Gasteiger partial charge in [0.2, 0.25) is 0 Å². The molecule has 0 radical (unpaired) electrons. The van der Waals surface area contributed by atoms with Gasteiger partial charge >= 0.3 is 0 Å². The van der Waals surface area contributed by atoms with E-state index in [-0.39, 0.29) is 56.6 Å². The number of carbonyl (C=O) groups excluding carboxylic acids is 4. The third-order valence-corrected chi connectivity index (χ3v) is 9.04. The minimum atomic E-state index is -0.662. The molecule has 0 saturated heterocycles. The number of phenolic OH excluding ortho intramolecular Hbond substituents is 4. The van der Waals surface area contributed by atoms with Crippen LogP contribution in [0.3, 0.4) is 0 Å². The molecule has 0 saturated carbocycles. The summed E-state index contributed by atoms with van der Waals surface area (Å²) in [6, 6.07) is 20.7.